The summed E-state index contributed by atoms with van der Waals surface area (Å²) in [5.74, 6) is 0. The third kappa shape index (κ3) is 76.0. The third-order valence-electron chi connectivity index (χ3n) is 0. The third-order valence-corrected chi connectivity index (χ3v) is 0. The summed E-state index contributed by atoms with van der Waals surface area (Å²) in [7, 11) is 0. The van der Waals surface area contributed by atoms with Gasteiger partial charge in [0.2, 0.25) is 0 Å². The Morgan fingerprint density at radius 1 is 0.429 bits per heavy atom. The molecule has 5 nitrogen and oxygen atoms in total. The molecule has 0 saturated carbocycles. The van der Waals surface area contributed by atoms with Gasteiger partial charge in [-0.05, 0) is 0 Å². The summed E-state index contributed by atoms with van der Waals surface area (Å²) < 4.78 is 0. The molecular weight excluding hydrogens is 244 g/mol. The van der Waals surface area contributed by atoms with Gasteiger partial charge in [-0.15, -0.1) is 0 Å². The zero-order valence-electron chi connectivity index (χ0n) is 3.52. The summed E-state index contributed by atoms with van der Waals surface area (Å²) >= 11 is 0. The van der Waals surface area contributed by atoms with Crippen molar-refractivity contribution >= 4 is 66.2 Å². The van der Waals surface area contributed by atoms with Crippen molar-refractivity contribution in [3.63, 3.8) is 0 Å². The zero-order valence-corrected chi connectivity index (χ0v) is 9.12. The van der Waals surface area contributed by atoms with E-state index >= 15 is 0 Å². The second-order valence-electron chi connectivity index (χ2n) is 0. The first-order valence-electron chi connectivity index (χ1n) is 0. The Bertz CT molecular complexity index is 8.04. The second-order valence-corrected chi connectivity index (χ2v) is 0. The molecule has 7 heteroatoms. The van der Waals surface area contributed by atoms with Gasteiger partial charge >= 0.3 is 66.2 Å². The predicted octanol–water partition coefficient (Wildman–Crippen LogP) is -1.65. The first kappa shape index (κ1) is 153. The summed E-state index contributed by atoms with van der Waals surface area (Å²) in [6.07, 6.45) is 0. The summed E-state index contributed by atoms with van der Waals surface area (Å²) in [6, 6.07) is 0. The molecule has 0 aromatic heterocycles. The molecule has 0 aromatic rings. The Morgan fingerprint density at radius 2 is 0.429 bits per heavy atom. The molecule has 7 heavy (non-hydrogen) atoms. The van der Waals surface area contributed by atoms with Crippen molar-refractivity contribution in [3.05, 3.63) is 0 Å². The van der Waals surface area contributed by atoms with Crippen molar-refractivity contribution in [1.29, 1.82) is 0 Å². The molecule has 0 radical (unpaired) electrons. The van der Waals surface area contributed by atoms with Crippen molar-refractivity contribution < 1.29 is 27.4 Å². The van der Waals surface area contributed by atoms with E-state index in [0.717, 1.165) is 0 Å². The van der Waals surface area contributed by atoms with Gasteiger partial charge in [-0.1, -0.05) is 0 Å². The molecule has 0 amide bonds. The largest absolute Gasteiger partial charge is 3.00 e. The predicted molar refractivity (Wildman–Crippen MR) is 21.2 cm³/mol. The van der Waals surface area contributed by atoms with Crippen LogP contribution in [0.25, 0.3) is 0 Å². The van der Waals surface area contributed by atoms with Gasteiger partial charge < -0.3 is 27.4 Å². The molecular formula is H5AlBaO5. The van der Waals surface area contributed by atoms with Crippen molar-refractivity contribution in [2.75, 3.05) is 0 Å². The van der Waals surface area contributed by atoms with Crippen molar-refractivity contribution in [3.8, 4) is 0 Å². The summed E-state index contributed by atoms with van der Waals surface area (Å²) in [6.45, 7) is 0. The monoisotopic (exact) mass is 250 g/mol. The summed E-state index contributed by atoms with van der Waals surface area (Å²) in [5, 5.41) is 0. The van der Waals surface area contributed by atoms with Crippen LogP contribution in [0.15, 0.2) is 0 Å². The van der Waals surface area contributed by atoms with Crippen LogP contribution >= 0.6 is 0 Å². The van der Waals surface area contributed by atoms with E-state index in [4.69, 9.17) is 0 Å². The molecule has 0 atom stereocenters. The fourth-order valence-electron chi connectivity index (χ4n) is 0. The maximum atomic E-state index is 0. The van der Waals surface area contributed by atoms with Gasteiger partial charge in [0.05, 0.1) is 0 Å². The van der Waals surface area contributed by atoms with Gasteiger partial charge in [-0.25, -0.2) is 0 Å². The molecule has 0 aromatic carbocycles. The van der Waals surface area contributed by atoms with Crippen molar-refractivity contribution in [2.24, 2.45) is 0 Å². The fourth-order valence-corrected chi connectivity index (χ4v) is 0. The van der Waals surface area contributed by atoms with E-state index < -0.39 is 0 Å². The number of hydrogen-bond acceptors (Lipinski definition) is 5. The molecule has 0 aliphatic heterocycles. The van der Waals surface area contributed by atoms with E-state index in [1.54, 1.807) is 0 Å². The smallest absolute Gasteiger partial charge is 0.870 e. The maximum absolute atomic E-state index is 0. The average molecular weight is 249 g/mol. The molecule has 0 unspecified atom stereocenters. The molecule has 0 heterocycles. The Kier molecular flexibility index (Phi) is 2280. The van der Waals surface area contributed by atoms with Crippen LogP contribution in [-0.2, 0) is 0 Å². The van der Waals surface area contributed by atoms with E-state index in [9.17, 15) is 0 Å². The van der Waals surface area contributed by atoms with Gasteiger partial charge in [-0.2, -0.15) is 0 Å². The van der Waals surface area contributed by atoms with Crippen LogP contribution in [0.5, 0.6) is 0 Å². The normalized spacial score (nSPS) is 0. The fraction of sp³-hybridized carbons (Fsp3) is 0. The number of hydrogen-bond donors (Lipinski definition) is 0. The van der Waals surface area contributed by atoms with Crippen LogP contribution in [0.4, 0.5) is 0 Å². The molecule has 0 aliphatic carbocycles. The molecule has 0 spiro atoms. The zero-order chi connectivity index (χ0) is 0. The van der Waals surface area contributed by atoms with Crippen LogP contribution < -0.4 is 0 Å². The molecule has 40 valence electrons. The van der Waals surface area contributed by atoms with Crippen molar-refractivity contribution in [2.45, 2.75) is 0 Å². The topological polar surface area (TPSA) is 150 Å². The van der Waals surface area contributed by atoms with Gasteiger partial charge in [0, 0.05) is 0 Å². The quantitative estimate of drug-likeness (QED) is 0.471. The van der Waals surface area contributed by atoms with Gasteiger partial charge in [-0.3, -0.25) is 0 Å². The molecule has 0 saturated heterocycles. The minimum absolute atomic E-state index is 0. The first-order chi connectivity index (χ1) is 0. The van der Waals surface area contributed by atoms with Crippen LogP contribution in [0.2, 0.25) is 0 Å². The van der Waals surface area contributed by atoms with Crippen LogP contribution in [0, 0.1) is 0 Å². The van der Waals surface area contributed by atoms with E-state index in [2.05, 4.69) is 0 Å². The average Bonchev–Trinajstić information content (AvgIpc) is 0. The first-order valence-corrected chi connectivity index (χ1v) is 0. The van der Waals surface area contributed by atoms with E-state index in [0.29, 0.717) is 0 Å². The maximum Gasteiger partial charge on any atom is 3.00 e. The van der Waals surface area contributed by atoms with Crippen LogP contribution in [0.3, 0.4) is 0 Å². The number of rotatable bonds is 0. The Hall–Kier alpha value is 1.90. The van der Waals surface area contributed by atoms with E-state index in [1.807, 2.05) is 0 Å². The van der Waals surface area contributed by atoms with Crippen molar-refractivity contribution in [1.82, 2.24) is 0 Å². The van der Waals surface area contributed by atoms with Crippen LogP contribution in [-0.4, -0.2) is 93.6 Å². The second kappa shape index (κ2) is 104. The van der Waals surface area contributed by atoms with Gasteiger partial charge in [0.1, 0.15) is 0 Å². The Morgan fingerprint density at radius 3 is 0.429 bits per heavy atom. The minimum Gasteiger partial charge on any atom is -0.870 e. The molecule has 0 rings (SSSR count). The summed E-state index contributed by atoms with van der Waals surface area (Å²) in [5.41, 5.74) is 0. The van der Waals surface area contributed by atoms with Gasteiger partial charge in [0.15, 0.2) is 0 Å². The summed E-state index contributed by atoms with van der Waals surface area (Å²) in [4.78, 5) is 0. The Labute approximate surface area is 92.2 Å². The molecule has 0 bridgehead atoms. The van der Waals surface area contributed by atoms with E-state index in [1.165, 1.54) is 0 Å². The molecule has 0 aliphatic rings. The van der Waals surface area contributed by atoms with Gasteiger partial charge in [0.25, 0.3) is 0 Å². The Balaban J connectivity index is 0. The molecule has 5 N–H and O–H groups in total. The molecule has 0 fully saturated rings. The SMILES string of the molecule is [Al+3].[Ba+2].[OH-].[OH-].[OH-].[OH-].[OH-]. The van der Waals surface area contributed by atoms with E-state index in [-0.39, 0.29) is 93.6 Å². The standard InChI is InChI=1S/Al.Ba.5H2O/h;;5*1H2/q+3;+2;;;;;/p-5. The minimum atomic E-state index is 0. The van der Waals surface area contributed by atoms with Crippen LogP contribution in [0.1, 0.15) is 0 Å².